The molecule has 60 heavy (non-hydrogen) atoms. The third-order valence-electron chi connectivity index (χ3n) is 13.4. The van der Waals surface area contributed by atoms with Crippen LogP contribution in [0.3, 0.4) is 0 Å². The van der Waals surface area contributed by atoms with Crippen molar-refractivity contribution in [2.24, 2.45) is 11.8 Å². The Balaban J connectivity index is 0.000000201. The zero-order valence-corrected chi connectivity index (χ0v) is 42.7. The van der Waals surface area contributed by atoms with Gasteiger partial charge in [0.25, 0.3) is 0 Å². The van der Waals surface area contributed by atoms with Crippen molar-refractivity contribution in [3.63, 3.8) is 0 Å². The first kappa shape index (κ1) is 48.8. The summed E-state index contributed by atoms with van der Waals surface area (Å²) >= 11 is -0.826. The molecule has 2 atom stereocenters. The van der Waals surface area contributed by atoms with Gasteiger partial charge in [0.1, 0.15) is 0 Å². The molecule has 2 saturated carbocycles. The number of rotatable bonds is 10. The van der Waals surface area contributed by atoms with Crippen molar-refractivity contribution >= 4 is 48.1 Å². The van der Waals surface area contributed by atoms with Gasteiger partial charge in [0.05, 0.1) is 0 Å². The van der Waals surface area contributed by atoms with E-state index < -0.39 is 20.8 Å². The second-order valence-electron chi connectivity index (χ2n) is 17.9. The minimum absolute atomic E-state index is 0.639. The number of hydrogen-bond acceptors (Lipinski definition) is 0. The van der Waals surface area contributed by atoms with Crippen LogP contribution in [0.2, 0.25) is 13.1 Å². The number of halogens is 2. The summed E-state index contributed by atoms with van der Waals surface area (Å²) in [6.07, 6.45) is 22.1. The monoisotopic (exact) mass is 932 g/mol. The summed E-state index contributed by atoms with van der Waals surface area (Å²) in [5.41, 5.74) is 11.4. The van der Waals surface area contributed by atoms with Crippen molar-refractivity contribution in [3.05, 3.63) is 131 Å². The fourth-order valence-electron chi connectivity index (χ4n) is 9.59. The van der Waals surface area contributed by atoms with Crippen molar-refractivity contribution in [2.45, 2.75) is 155 Å². The second-order valence-corrected chi connectivity index (χ2v) is 22.6. The molecule has 0 aliphatic heterocycles. The van der Waals surface area contributed by atoms with E-state index in [2.05, 4.69) is 150 Å². The predicted octanol–water partition coefficient (Wildman–Crippen LogP) is 18.7. The third-order valence-corrected chi connectivity index (χ3v) is 13.4. The summed E-state index contributed by atoms with van der Waals surface area (Å²) < 4.78 is 0. The van der Waals surface area contributed by atoms with E-state index in [4.69, 9.17) is 17.0 Å². The van der Waals surface area contributed by atoms with E-state index >= 15 is 0 Å². The molecule has 2 aliphatic rings. The van der Waals surface area contributed by atoms with Crippen LogP contribution in [0.25, 0.3) is 43.8 Å². The first-order valence-electron chi connectivity index (χ1n) is 23.4. The van der Waals surface area contributed by atoms with E-state index in [1.165, 1.54) is 158 Å². The quantitative estimate of drug-likeness (QED) is 0.0729. The molecule has 6 aromatic rings. The van der Waals surface area contributed by atoms with E-state index in [1.807, 2.05) is 0 Å². The first-order chi connectivity index (χ1) is 29.3. The van der Waals surface area contributed by atoms with Gasteiger partial charge in [-0.05, 0) is 71.6 Å². The van der Waals surface area contributed by atoms with Crippen LogP contribution in [-0.4, -0.2) is 9.52 Å². The molecular weight excluding hydrogens is 863 g/mol. The Morgan fingerprint density at radius 1 is 0.550 bits per heavy atom. The Labute approximate surface area is 386 Å². The predicted molar refractivity (Wildman–Crippen MR) is 266 cm³/mol. The summed E-state index contributed by atoms with van der Waals surface area (Å²) in [5.74, 6) is 3.06. The van der Waals surface area contributed by atoms with E-state index in [1.54, 1.807) is 11.1 Å². The van der Waals surface area contributed by atoms with Gasteiger partial charge in [-0.15, -0.1) is 69.1 Å². The van der Waals surface area contributed by atoms with Crippen molar-refractivity contribution in [3.8, 4) is 22.3 Å². The second kappa shape index (κ2) is 26.4. The zero-order valence-electron chi connectivity index (χ0n) is 37.8. The number of benzene rings is 4. The van der Waals surface area contributed by atoms with Gasteiger partial charge < -0.3 is 0 Å². The van der Waals surface area contributed by atoms with Crippen molar-refractivity contribution in [2.75, 3.05) is 0 Å². The molecule has 2 fully saturated rings. The molecule has 0 saturated heterocycles. The van der Waals surface area contributed by atoms with E-state index in [0.717, 1.165) is 21.4 Å². The van der Waals surface area contributed by atoms with Crippen molar-refractivity contribution in [1.29, 1.82) is 0 Å². The molecule has 0 amide bonds. The molecule has 318 valence electrons. The molecule has 2 unspecified atom stereocenters. The Bertz CT molecular complexity index is 1920. The maximum absolute atomic E-state index is 4.93. The van der Waals surface area contributed by atoms with Gasteiger partial charge >= 0.3 is 37.9 Å². The van der Waals surface area contributed by atoms with Crippen molar-refractivity contribution < 1.29 is 20.8 Å². The Morgan fingerprint density at radius 2 is 0.883 bits per heavy atom. The van der Waals surface area contributed by atoms with E-state index in [-0.39, 0.29) is 0 Å². The summed E-state index contributed by atoms with van der Waals surface area (Å²) in [6, 6.07) is 41.9. The summed E-state index contributed by atoms with van der Waals surface area (Å²) in [6.45, 7) is 13.5. The van der Waals surface area contributed by atoms with Gasteiger partial charge in [0, 0.05) is 9.52 Å². The fraction of sp³-hybridized carbons (Fsp3) is 0.464. The Morgan fingerprint density at radius 3 is 1.20 bits per heavy atom. The number of hydrogen-bond donors (Lipinski definition) is 0. The molecule has 0 bridgehead atoms. The van der Waals surface area contributed by atoms with Gasteiger partial charge in [0.15, 0.2) is 0 Å². The SMILES string of the molecule is CCC(C)c1ccc(-c2cccc3[cH-]c(CC4CCCCCC4)cc23)cc1.CCC(C)c1ccc(-c2cccc3[cH-]c(CC4CCCCCC4)cc23)cc1.C[Si]C.[Cl][Zr+2][Cl]. The van der Waals surface area contributed by atoms with Crippen LogP contribution in [-0.2, 0) is 33.7 Å². The normalized spacial score (nSPS) is 15.9. The van der Waals surface area contributed by atoms with Crippen LogP contribution < -0.4 is 0 Å². The van der Waals surface area contributed by atoms with E-state index in [0.29, 0.717) is 11.8 Å². The molecule has 4 heteroatoms. The molecule has 0 spiro atoms. The van der Waals surface area contributed by atoms with Gasteiger partial charge in [-0.2, -0.15) is 12.1 Å². The molecule has 2 aliphatic carbocycles. The molecular formula is C56H72Cl2SiZr. The molecule has 2 radical (unpaired) electrons. The van der Waals surface area contributed by atoms with Crippen molar-refractivity contribution in [1.82, 2.24) is 0 Å². The molecule has 0 heterocycles. The topological polar surface area (TPSA) is 0 Å². The third kappa shape index (κ3) is 14.4. The molecule has 0 N–H and O–H groups in total. The molecule has 8 rings (SSSR count). The van der Waals surface area contributed by atoms with Gasteiger partial charge in [-0.3, -0.25) is 0 Å². The van der Waals surface area contributed by atoms with Gasteiger partial charge in [-0.25, -0.2) is 0 Å². The average Bonchev–Trinajstić information content (AvgIpc) is 3.66. The van der Waals surface area contributed by atoms with Gasteiger partial charge in [0.2, 0.25) is 0 Å². The fourth-order valence-corrected chi connectivity index (χ4v) is 9.59. The van der Waals surface area contributed by atoms with Gasteiger partial charge in [-0.1, -0.05) is 190 Å². The summed E-state index contributed by atoms with van der Waals surface area (Å²) in [7, 11) is 11.0. The van der Waals surface area contributed by atoms with Crippen LogP contribution in [0.1, 0.15) is 152 Å². The Hall–Kier alpha value is -2.22. The molecule has 6 aromatic carbocycles. The van der Waals surface area contributed by atoms with Crippen LogP contribution in [0, 0.1) is 11.8 Å². The standard InChI is InChI=1S/2C27H33.C2H6Si.2ClH.Zr/c2*1-3-20(2)23-13-15-24(16-14-23)26-12-8-11-25-18-22(19-27(25)26)17-21-9-6-4-5-7-10-21;1-3-2;;;/h2*8,11-16,18-21H,3-7,9-10,17H2,1-2H3;1-2H3;2*1H;/q2*-1;;;;+4/p-2. The number of fused-ring (bicyclic) bond motifs is 2. The average molecular weight is 935 g/mol. The van der Waals surface area contributed by atoms with Crippen LogP contribution >= 0.6 is 17.0 Å². The molecule has 0 nitrogen and oxygen atoms in total. The van der Waals surface area contributed by atoms with Crippen LogP contribution in [0.4, 0.5) is 0 Å². The van der Waals surface area contributed by atoms with E-state index in [9.17, 15) is 0 Å². The van der Waals surface area contributed by atoms with Crippen LogP contribution in [0.15, 0.2) is 109 Å². The summed E-state index contributed by atoms with van der Waals surface area (Å²) in [4.78, 5) is 0. The maximum atomic E-state index is 4.93. The first-order valence-corrected chi connectivity index (χ1v) is 31.8. The minimum atomic E-state index is -0.826. The summed E-state index contributed by atoms with van der Waals surface area (Å²) in [5, 5.41) is 5.67. The Kier molecular flexibility index (Phi) is 21.5. The molecule has 0 aromatic heterocycles. The van der Waals surface area contributed by atoms with Crippen LogP contribution in [0.5, 0.6) is 0 Å². The zero-order chi connectivity index (χ0) is 42.7.